The molecule has 0 amide bonds. The fourth-order valence-corrected chi connectivity index (χ4v) is 1.28. The van der Waals surface area contributed by atoms with E-state index in [1.54, 1.807) is 7.11 Å². The Labute approximate surface area is 84.9 Å². The van der Waals surface area contributed by atoms with Crippen LogP contribution in [0, 0.1) is 6.92 Å². The highest BCUT2D eigenvalue weighted by Gasteiger charge is 2.10. The lowest BCUT2D eigenvalue weighted by Crippen LogP contribution is -2.12. The number of carbonyl (C=O) groups excluding carboxylic acids is 1. The second kappa shape index (κ2) is 4.91. The second-order valence-corrected chi connectivity index (χ2v) is 3.54. The summed E-state index contributed by atoms with van der Waals surface area (Å²) in [6, 6.07) is 7.64. The summed E-state index contributed by atoms with van der Waals surface area (Å²) in [5.74, 6) is 0.142. The summed E-state index contributed by atoms with van der Waals surface area (Å²) >= 11 is 0. The molecule has 1 atom stereocenters. The van der Waals surface area contributed by atoms with Gasteiger partial charge in [-0.1, -0.05) is 23.8 Å². The van der Waals surface area contributed by atoms with E-state index in [4.69, 9.17) is 4.74 Å². The Balaban J connectivity index is 2.70. The molecule has 1 unspecified atom stereocenters. The number of ketones is 1. The minimum Gasteiger partial charge on any atom is -0.381 e. The third-order valence-electron chi connectivity index (χ3n) is 2.22. The summed E-state index contributed by atoms with van der Waals surface area (Å²) in [6.45, 7) is 3.88. The lowest BCUT2D eigenvalue weighted by Gasteiger charge is -2.08. The molecule has 0 aliphatic rings. The van der Waals surface area contributed by atoms with Crippen LogP contribution in [-0.2, 0) is 4.74 Å². The number of benzene rings is 1. The fraction of sp³-hybridized carbons (Fsp3) is 0.417. The Morgan fingerprint density at radius 1 is 1.50 bits per heavy atom. The van der Waals surface area contributed by atoms with Gasteiger partial charge in [0, 0.05) is 19.1 Å². The molecule has 14 heavy (non-hydrogen) atoms. The van der Waals surface area contributed by atoms with Gasteiger partial charge in [0.25, 0.3) is 0 Å². The van der Waals surface area contributed by atoms with Crippen LogP contribution < -0.4 is 0 Å². The van der Waals surface area contributed by atoms with Crippen molar-refractivity contribution in [2.24, 2.45) is 0 Å². The van der Waals surface area contributed by atoms with Gasteiger partial charge in [0.15, 0.2) is 5.78 Å². The molecule has 0 radical (unpaired) electrons. The first kappa shape index (κ1) is 10.9. The van der Waals surface area contributed by atoms with E-state index in [1.807, 2.05) is 38.1 Å². The zero-order chi connectivity index (χ0) is 10.6. The molecular formula is C12H16O2. The van der Waals surface area contributed by atoms with Crippen molar-refractivity contribution in [3.05, 3.63) is 35.4 Å². The maximum Gasteiger partial charge on any atom is 0.165 e. The molecule has 0 aliphatic heterocycles. The summed E-state index contributed by atoms with van der Waals surface area (Å²) in [7, 11) is 1.62. The Morgan fingerprint density at radius 2 is 2.21 bits per heavy atom. The zero-order valence-corrected chi connectivity index (χ0v) is 8.91. The molecule has 76 valence electrons. The number of carbonyl (C=O) groups is 1. The molecule has 1 aromatic rings. The van der Waals surface area contributed by atoms with Gasteiger partial charge in [-0.25, -0.2) is 0 Å². The molecule has 0 aromatic heterocycles. The predicted octanol–water partition coefficient (Wildman–Crippen LogP) is 2.60. The highest BCUT2D eigenvalue weighted by atomic mass is 16.5. The van der Waals surface area contributed by atoms with Crippen LogP contribution in [0.5, 0.6) is 0 Å². The molecule has 2 heteroatoms. The highest BCUT2D eigenvalue weighted by molar-refractivity contribution is 5.96. The summed E-state index contributed by atoms with van der Waals surface area (Å²) in [4.78, 5) is 11.7. The quantitative estimate of drug-likeness (QED) is 0.685. The molecule has 1 aromatic carbocycles. The summed E-state index contributed by atoms with van der Waals surface area (Å²) in [5, 5.41) is 0. The van der Waals surface area contributed by atoms with E-state index < -0.39 is 0 Å². The average molecular weight is 192 g/mol. The molecule has 2 nitrogen and oxygen atoms in total. The van der Waals surface area contributed by atoms with E-state index in [0.29, 0.717) is 6.42 Å². The van der Waals surface area contributed by atoms with Crippen LogP contribution in [0.2, 0.25) is 0 Å². The smallest absolute Gasteiger partial charge is 0.165 e. The van der Waals surface area contributed by atoms with Gasteiger partial charge >= 0.3 is 0 Å². The van der Waals surface area contributed by atoms with Crippen LogP contribution in [0.4, 0.5) is 0 Å². The number of hydrogen-bond donors (Lipinski definition) is 0. The monoisotopic (exact) mass is 192 g/mol. The zero-order valence-electron chi connectivity index (χ0n) is 8.91. The van der Waals surface area contributed by atoms with E-state index in [2.05, 4.69) is 0 Å². The molecule has 0 saturated carbocycles. The van der Waals surface area contributed by atoms with Gasteiger partial charge in [0.2, 0.25) is 0 Å². The summed E-state index contributed by atoms with van der Waals surface area (Å²) < 4.78 is 5.05. The molecule has 1 rings (SSSR count). The Kier molecular flexibility index (Phi) is 3.84. The third-order valence-corrected chi connectivity index (χ3v) is 2.22. The number of Topliss-reactive ketones (excluding diaryl/α,β-unsaturated/α-hetero) is 1. The van der Waals surface area contributed by atoms with Gasteiger partial charge in [0.1, 0.15) is 0 Å². The normalized spacial score (nSPS) is 12.5. The van der Waals surface area contributed by atoms with E-state index in [0.717, 1.165) is 11.1 Å². The third kappa shape index (κ3) is 2.96. The summed E-state index contributed by atoms with van der Waals surface area (Å²) in [5.41, 5.74) is 1.88. The Morgan fingerprint density at radius 3 is 2.79 bits per heavy atom. The van der Waals surface area contributed by atoms with E-state index >= 15 is 0 Å². The lowest BCUT2D eigenvalue weighted by atomic mass is 10.0. The second-order valence-electron chi connectivity index (χ2n) is 3.54. The average Bonchev–Trinajstić information content (AvgIpc) is 2.17. The first-order chi connectivity index (χ1) is 6.63. The van der Waals surface area contributed by atoms with Crippen molar-refractivity contribution >= 4 is 5.78 Å². The molecule has 0 saturated heterocycles. The number of methoxy groups -OCH3 is 1. The van der Waals surface area contributed by atoms with Crippen LogP contribution in [0.1, 0.15) is 29.3 Å². The molecule has 0 bridgehead atoms. The van der Waals surface area contributed by atoms with Gasteiger partial charge in [0.05, 0.1) is 6.10 Å². The number of hydrogen-bond acceptors (Lipinski definition) is 2. The van der Waals surface area contributed by atoms with Crippen molar-refractivity contribution in [3.8, 4) is 0 Å². The van der Waals surface area contributed by atoms with Crippen molar-refractivity contribution in [1.82, 2.24) is 0 Å². The van der Waals surface area contributed by atoms with Crippen molar-refractivity contribution in [1.29, 1.82) is 0 Å². The van der Waals surface area contributed by atoms with Crippen LogP contribution in [0.3, 0.4) is 0 Å². The molecule has 0 fully saturated rings. The Bertz CT molecular complexity index is 318. The largest absolute Gasteiger partial charge is 0.381 e. The Hall–Kier alpha value is -1.15. The van der Waals surface area contributed by atoms with Crippen LogP contribution >= 0.6 is 0 Å². The fourth-order valence-electron chi connectivity index (χ4n) is 1.28. The molecular weight excluding hydrogens is 176 g/mol. The van der Waals surface area contributed by atoms with Gasteiger partial charge in [-0.3, -0.25) is 4.79 Å². The SMILES string of the molecule is COC(C)CC(=O)c1cccc(C)c1. The maximum absolute atomic E-state index is 11.7. The highest BCUT2D eigenvalue weighted by Crippen LogP contribution is 2.09. The topological polar surface area (TPSA) is 26.3 Å². The van der Waals surface area contributed by atoms with Gasteiger partial charge in [-0.05, 0) is 19.9 Å². The number of ether oxygens (including phenoxy) is 1. The maximum atomic E-state index is 11.7. The first-order valence-corrected chi connectivity index (χ1v) is 4.76. The predicted molar refractivity (Wildman–Crippen MR) is 56.6 cm³/mol. The van der Waals surface area contributed by atoms with E-state index in [-0.39, 0.29) is 11.9 Å². The first-order valence-electron chi connectivity index (χ1n) is 4.76. The van der Waals surface area contributed by atoms with Crippen molar-refractivity contribution in [2.45, 2.75) is 26.4 Å². The summed E-state index contributed by atoms with van der Waals surface area (Å²) in [6.07, 6.45) is 0.433. The lowest BCUT2D eigenvalue weighted by molar-refractivity contribution is 0.0792. The van der Waals surface area contributed by atoms with Crippen molar-refractivity contribution in [3.63, 3.8) is 0 Å². The molecule has 0 aliphatic carbocycles. The van der Waals surface area contributed by atoms with E-state index in [1.165, 1.54) is 0 Å². The van der Waals surface area contributed by atoms with Crippen LogP contribution in [0.25, 0.3) is 0 Å². The van der Waals surface area contributed by atoms with Crippen LogP contribution in [0.15, 0.2) is 24.3 Å². The van der Waals surface area contributed by atoms with Crippen molar-refractivity contribution < 1.29 is 9.53 Å². The molecule has 0 N–H and O–H groups in total. The van der Waals surface area contributed by atoms with Crippen molar-refractivity contribution in [2.75, 3.05) is 7.11 Å². The van der Waals surface area contributed by atoms with Gasteiger partial charge in [-0.2, -0.15) is 0 Å². The minimum atomic E-state index is -0.0111. The van der Waals surface area contributed by atoms with Gasteiger partial charge < -0.3 is 4.74 Å². The van der Waals surface area contributed by atoms with Crippen LogP contribution in [-0.4, -0.2) is 19.0 Å². The standard InChI is InChI=1S/C12H16O2/c1-9-5-4-6-11(7-9)12(13)8-10(2)14-3/h4-7,10H,8H2,1-3H3. The number of rotatable bonds is 4. The minimum absolute atomic E-state index is 0.0111. The van der Waals surface area contributed by atoms with Gasteiger partial charge in [-0.15, -0.1) is 0 Å². The number of aryl methyl sites for hydroxylation is 1. The van der Waals surface area contributed by atoms with E-state index in [9.17, 15) is 4.79 Å². The molecule has 0 heterocycles. The molecule has 0 spiro atoms.